The molecule has 3 rings (SSSR count). The molecule has 0 aliphatic heterocycles. The van der Waals surface area contributed by atoms with Crippen LogP contribution in [0.4, 0.5) is 4.39 Å². The predicted octanol–water partition coefficient (Wildman–Crippen LogP) is 7.31. The van der Waals surface area contributed by atoms with Crippen LogP contribution in [0.1, 0.15) is 72.9 Å². The van der Waals surface area contributed by atoms with Crippen LogP contribution in [-0.2, 0) is 12.8 Å². The van der Waals surface area contributed by atoms with Crippen molar-refractivity contribution in [3.05, 3.63) is 106 Å². The van der Waals surface area contributed by atoms with Crippen molar-refractivity contribution in [1.82, 2.24) is 0 Å². The molecule has 0 aliphatic rings. The van der Waals surface area contributed by atoms with Crippen LogP contribution in [0, 0.1) is 29.5 Å². The topological polar surface area (TPSA) is 0 Å². The van der Waals surface area contributed by atoms with E-state index in [1.165, 1.54) is 36.5 Å². The lowest BCUT2D eigenvalue weighted by atomic mass is 10.1. The van der Waals surface area contributed by atoms with E-state index in [0.29, 0.717) is 11.1 Å². The fraction of sp³-hybridized carbons (Fsp3) is 0.267. The molecule has 3 aromatic rings. The highest BCUT2D eigenvalue weighted by molar-refractivity contribution is 5.49. The Labute approximate surface area is 186 Å². The maximum Gasteiger partial charge on any atom is 0.140 e. The van der Waals surface area contributed by atoms with Crippen LogP contribution >= 0.6 is 0 Å². The Morgan fingerprint density at radius 2 is 1.13 bits per heavy atom. The molecule has 1 heteroatoms. The summed E-state index contributed by atoms with van der Waals surface area (Å²) in [7, 11) is 0. The van der Waals surface area contributed by atoms with Gasteiger partial charge in [0, 0.05) is 16.7 Å². The van der Waals surface area contributed by atoms with Crippen LogP contribution in [-0.4, -0.2) is 0 Å². The number of halogens is 1. The summed E-state index contributed by atoms with van der Waals surface area (Å²) in [6.07, 6.45) is 7.00. The molecular formula is C30H29F. The van der Waals surface area contributed by atoms with Crippen LogP contribution in [0.15, 0.2) is 66.7 Å². The van der Waals surface area contributed by atoms with E-state index < -0.39 is 0 Å². The molecule has 0 saturated carbocycles. The fourth-order valence-corrected chi connectivity index (χ4v) is 3.36. The molecule has 0 N–H and O–H groups in total. The van der Waals surface area contributed by atoms with E-state index in [4.69, 9.17) is 0 Å². The average molecular weight is 409 g/mol. The summed E-state index contributed by atoms with van der Waals surface area (Å²) in [6, 6.07) is 21.5. The van der Waals surface area contributed by atoms with Gasteiger partial charge < -0.3 is 0 Å². The number of hydrogen-bond acceptors (Lipinski definition) is 0. The fourth-order valence-electron chi connectivity index (χ4n) is 3.36. The molecule has 0 aromatic heterocycles. The lowest BCUT2D eigenvalue weighted by Gasteiger charge is -2.00. The smallest absolute Gasteiger partial charge is 0.140 e. The van der Waals surface area contributed by atoms with E-state index in [9.17, 15) is 4.39 Å². The highest BCUT2D eigenvalue weighted by Crippen LogP contribution is 2.12. The van der Waals surface area contributed by atoms with Gasteiger partial charge in [-0.3, -0.25) is 0 Å². The lowest BCUT2D eigenvalue weighted by Crippen LogP contribution is -1.87. The second-order valence-corrected chi connectivity index (χ2v) is 7.80. The molecule has 0 spiro atoms. The molecule has 3 aromatic carbocycles. The van der Waals surface area contributed by atoms with Crippen molar-refractivity contribution < 1.29 is 4.39 Å². The third-order valence-electron chi connectivity index (χ3n) is 5.18. The van der Waals surface area contributed by atoms with E-state index in [1.54, 1.807) is 6.07 Å². The Hall–Kier alpha value is -3.29. The van der Waals surface area contributed by atoms with Crippen LogP contribution in [0.2, 0.25) is 0 Å². The molecule has 0 atom stereocenters. The van der Waals surface area contributed by atoms with Crippen molar-refractivity contribution in [2.45, 2.75) is 52.4 Å². The first-order chi connectivity index (χ1) is 15.2. The monoisotopic (exact) mass is 408 g/mol. The lowest BCUT2D eigenvalue weighted by molar-refractivity contribution is 0.624. The minimum absolute atomic E-state index is 0.339. The third kappa shape index (κ3) is 7.16. The first kappa shape index (κ1) is 22.4. The number of benzene rings is 3. The Morgan fingerprint density at radius 1 is 0.581 bits per heavy atom. The normalized spacial score (nSPS) is 10.0. The second-order valence-electron chi connectivity index (χ2n) is 7.80. The molecule has 0 saturated heterocycles. The van der Waals surface area contributed by atoms with Gasteiger partial charge in [0.15, 0.2) is 0 Å². The first-order valence-corrected chi connectivity index (χ1v) is 11.2. The van der Waals surface area contributed by atoms with Gasteiger partial charge in [0.05, 0.1) is 5.56 Å². The zero-order valence-corrected chi connectivity index (χ0v) is 18.5. The van der Waals surface area contributed by atoms with Gasteiger partial charge in [-0.15, -0.1) is 0 Å². The first-order valence-electron chi connectivity index (χ1n) is 11.2. The van der Waals surface area contributed by atoms with Gasteiger partial charge in [0.2, 0.25) is 0 Å². The van der Waals surface area contributed by atoms with Crippen LogP contribution in [0.25, 0.3) is 0 Å². The van der Waals surface area contributed by atoms with Gasteiger partial charge in [0.25, 0.3) is 0 Å². The minimum Gasteiger partial charge on any atom is -0.206 e. The van der Waals surface area contributed by atoms with Gasteiger partial charge in [-0.1, -0.05) is 81.1 Å². The Morgan fingerprint density at radius 3 is 1.71 bits per heavy atom. The van der Waals surface area contributed by atoms with Crippen molar-refractivity contribution in [3.63, 3.8) is 0 Å². The summed E-state index contributed by atoms with van der Waals surface area (Å²) in [5, 5.41) is 0. The van der Waals surface area contributed by atoms with Gasteiger partial charge in [-0.05, 0) is 72.9 Å². The van der Waals surface area contributed by atoms with Gasteiger partial charge in [-0.25, -0.2) is 4.39 Å². The van der Waals surface area contributed by atoms with E-state index in [2.05, 4.69) is 61.8 Å². The van der Waals surface area contributed by atoms with Crippen molar-refractivity contribution in [2.24, 2.45) is 0 Å². The number of rotatable bonds is 6. The molecule has 0 unspecified atom stereocenters. The maximum atomic E-state index is 14.5. The molecule has 0 nitrogen and oxygen atoms in total. The largest absolute Gasteiger partial charge is 0.206 e. The number of aryl methyl sites for hydroxylation is 2. The van der Waals surface area contributed by atoms with Gasteiger partial charge in [0.1, 0.15) is 5.82 Å². The number of hydrogen-bond donors (Lipinski definition) is 0. The Kier molecular flexibility index (Phi) is 8.51. The summed E-state index contributed by atoms with van der Waals surface area (Å²) in [5.74, 6) is 11.8. The average Bonchev–Trinajstić information content (AvgIpc) is 2.79. The molecule has 0 bridgehead atoms. The van der Waals surface area contributed by atoms with Crippen LogP contribution in [0.5, 0.6) is 0 Å². The van der Waals surface area contributed by atoms with E-state index >= 15 is 0 Å². The molecule has 0 amide bonds. The highest BCUT2D eigenvalue weighted by atomic mass is 19.1. The molecule has 31 heavy (non-hydrogen) atoms. The molecule has 0 heterocycles. The van der Waals surface area contributed by atoms with E-state index in [1.807, 2.05) is 30.3 Å². The summed E-state index contributed by atoms with van der Waals surface area (Å²) in [5.41, 5.74) is 5.51. The van der Waals surface area contributed by atoms with Gasteiger partial charge in [-0.2, -0.15) is 0 Å². The second kappa shape index (κ2) is 11.8. The van der Waals surface area contributed by atoms with Gasteiger partial charge >= 0.3 is 0 Å². The van der Waals surface area contributed by atoms with Crippen molar-refractivity contribution in [3.8, 4) is 23.7 Å². The minimum atomic E-state index is -0.339. The van der Waals surface area contributed by atoms with Crippen LogP contribution in [0.3, 0.4) is 0 Å². The van der Waals surface area contributed by atoms with Crippen molar-refractivity contribution >= 4 is 0 Å². The molecular weight excluding hydrogens is 379 g/mol. The molecule has 156 valence electrons. The Balaban J connectivity index is 1.65. The van der Waals surface area contributed by atoms with Crippen LogP contribution < -0.4 is 0 Å². The predicted molar refractivity (Wildman–Crippen MR) is 128 cm³/mol. The zero-order chi connectivity index (χ0) is 21.9. The van der Waals surface area contributed by atoms with Crippen molar-refractivity contribution in [1.29, 1.82) is 0 Å². The van der Waals surface area contributed by atoms with E-state index in [-0.39, 0.29) is 5.82 Å². The molecule has 0 fully saturated rings. The summed E-state index contributed by atoms with van der Waals surface area (Å²) >= 11 is 0. The number of unbranched alkanes of at least 4 members (excludes halogenated alkanes) is 2. The quantitative estimate of drug-likeness (QED) is 0.296. The molecule has 0 aliphatic carbocycles. The SMILES string of the molecule is CCCCCc1ccc(C#Cc2ccc(C#Cc3ccc(CCC)cc3)cc2F)cc1. The van der Waals surface area contributed by atoms with E-state index in [0.717, 1.165) is 30.4 Å². The summed E-state index contributed by atoms with van der Waals surface area (Å²) < 4.78 is 14.5. The molecule has 0 radical (unpaired) electrons. The maximum absolute atomic E-state index is 14.5. The third-order valence-corrected chi connectivity index (χ3v) is 5.18. The standard InChI is InChI=1S/C30H29F/c1-3-5-6-8-25-11-15-27(16-12-25)19-21-29-22-20-28(23-30(29)31)18-17-26-13-9-24(7-4-2)10-14-26/h9-16,20,22-23H,3-8H2,1-2H3. The van der Waals surface area contributed by atoms with Crippen molar-refractivity contribution in [2.75, 3.05) is 0 Å². The zero-order valence-electron chi connectivity index (χ0n) is 18.5. The summed E-state index contributed by atoms with van der Waals surface area (Å²) in [6.45, 7) is 4.38. The summed E-state index contributed by atoms with van der Waals surface area (Å²) in [4.78, 5) is 0. The highest BCUT2D eigenvalue weighted by Gasteiger charge is 2.00. The Bertz CT molecular complexity index is 1100.